The highest BCUT2D eigenvalue weighted by Crippen LogP contribution is 2.40. The van der Waals surface area contributed by atoms with Crippen molar-refractivity contribution in [2.24, 2.45) is 10.1 Å². The Morgan fingerprint density at radius 1 is 1.10 bits per heavy atom. The van der Waals surface area contributed by atoms with E-state index in [0.717, 1.165) is 39.1 Å². The average molecular weight is 431 g/mol. The van der Waals surface area contributed by atoms with Crippen LogP contribution in [0.15, 0.2) is 70.8 Å². The van der Waals surface area contributed by atoms with Crippen LogP contribution < -0.4 is 20.6 Å². The summed E-state index contributed by atoms with van der Waals surface area (Å²) in [6.45, 7) is 2.68. The first kappa shape index (κ1) is 19.6. The van der Waals surface area contributed by atoms with Gasteiger partial charge in [0, 0.05) is 10.8 Å². The SMILES string of the molecule is CCCOc1ccc2ccccc2c1[C@H]1N=c2ccccc2=C2C(=O)NC(SC)=NN21. The van der Waals surface area contributed by atoms with Gasteiger partial charge in [0.05, 0.1) is 12.0 Å². The highest BCUT2D eigenvalue weighted by molar-refractivity contribution is 8.13. The van der Waals surface area contributed by atoms with Gasteiger partial charge < -0.3 is 4.74 Å². The Hall–Kier alpha value is -3.32. The lowest BCUT2D eigenvalue weighted by Gasteiger charge is -2.35. The number of ether oxygens (including phenoxy) is 1. The molecule has 6 nitrogen and oxygen atoms in total. The molecule has 3 aromatic carbocycles. The summed E-state index contributed by atoms with van der Waals surface area (Å²) in [5, 5.41) is 13.6. The minimum atomic E-state index is -0.518. The lowest BCUT2D eigenvalue weighted by Crippen LogP contribution is -2.50. The van der Waals surface area contributed by atoms with Crippen molar-refractivity contribution < 1.29 is 9.53 Å². The third-order valence-electron chi connectivity index (χ3n) is 5.36. The van der Waals surface area contributed by atoms with Crippen LogP contribution in [0.1, 0.15) is 25.1 Å². The van der Waals surface area contributed by atoms with Crippen molar-refractivity contribution in [2.75, 3.05) is 12.9 Å². The van der Waals surface area contributed by atoms with Gasteiger partial charge in [0.15, 0.2) is 11.3 Å². The van der Waals surface area contributed by atoms with E-state index in [0.29, 0.717) is 17.5 Å². The first-order valence-corrected chi connectivity index (χ1v) is 11.5. The van der Waals surface area contributed by atoms with Crippen molar-refractivity contribution in [3.63, 3.8) is 0 Å². The molecule has 2 aliphatic heterocycles. The first-order chi connectivity index (χ1) is 15.2. The van der Waals surface area contributed by atoms with Crippen LogP contribution in [0.3, 0.4) is 0 Å². The number of fused-ring (bicyclic) bond motifs is 3. The predicted molar refractivity (Wildman–Crippen MR) is 124 cm³/mol. The molecule has 31 heavy (non-hydrogen) atoms. The molecule has 0 saturated heterocycles. The summed E-state index contributed by atoms with van der Waals surface area (Å²) < 4.78 is 6.15. The molecule has 0 fully saturated rings. The Labute approximate surface area is 184 Å². The van der Waals surface area contributed by atoms with Gasteiger partial charge in [-0.1, -0.05) is 67.2 Å². The number of amidine groups is 1. The van der Waals surface area contributed by atoms with Gasteiger partial charge in [-0.15, -0.1) is 5.10 Å². The van der Waals surface area contributed by atoms with Crippen molar-refractivity contribution in [1.82, 2.24) is 10.3 Å². The van der Waals surface area contributed by atoms with E-state index < -0.39 is 6.17 Å². The number of carbonyl (C=O) groups is 1. The molecule has 0 unspecified atom stereocenters. The van der Waals surface area contributed by atoms with Gasteiger partial charge in [-0.25, -0.2) is 5.01 Å². The zero-order valence-electron chi connectivity index (χ0n) is 17.3. The van der Waals surface area contributed by atoms with E-state index in [1.165, 1.54) is 11.8 Å². The molecule has 0 aliphatic carbocycles. The van der Waals surface area contributed by atoms with Gasteiger partial charge in [0.25, 0.3) is 5.91 Å². The first-order valence-electron chi connectivity index (χ1n) is 10.3. The number of benzene rings is 3. The van der Waals surface area contributed by atoms with Gasteiger partial charge in [-0.3, -0.25) is 15.1 Å². The summed E-state index contributed by atoms with van der Waals surface area (Å²) in [7, 11) is 0. The third kappa shape index (κ3) is 3.35. The quantitative estimate of drug-likeness (QED) is 0.691. The Morgan fingerprint density at radius 2 is 1.90 bits per heavy atom. The number of carbonyl (C=O) groups excluding carboxylic acids is 1. The topological polar surface area (TPSA) is 66.3 Å². The average Bonchev–Trinajstić information content (AvgIpc) is 2.81. The molecule has 7 heteroatoms. The normalized spacial score (nSPS) is 17.4. The van der Waals surface area contributed by atoms with Crippen LogP contribution in [0.5, 0.6) is 5.75 Å². The molecular formula is C24H22N4O2S. The zero-order valence-corrected chi connectivity index (χ0v) is 18.1. The molecule has 0 bridgehead atoms. The predicted octanol–water partition coefficient (Wildman–Crippen LogP) is 3.13. The van der Waals surface area contributed by atoms with Gasteiger partial charge in [-0.2, -0.15) is 0 Å². The fourth-order valence-corrected chi connectivity index (χ4v) is 4.35. The number of para-hydroxylation sites is 1. The molecule has 5 rings (SSSR count). The number of nitrogens with zero attached hydrogens (tertiary/aromatic N) is 3. The summed E-state index contributed by atoms with van der Waals surface area (Å²) in [6.07, 6.45) is 2.27. The second kappa shape index (κ2) is 8.07. The summed E-state index contributed by atoms with van der Waals surface area (Å²) >= 11 is 1.40. The summed E-state index contributed by atoms with van der Waals surface area (Å²) in [5.74, 6) is 0.586. The summed E-state index contributed by atoms with van der Waals surface area (Å²) in [5.41, 5.74) is 1.42. The van der Waals surface area contributed by atoms with Crippen LogP contribution in [0.2, 0.25) is 0 Å². The number of thioether (sulfide) groups is 1. The maximum Gasteiger partial charge on any atom is 0.276 e. The second-order valence-electron chi connectivity index (χ2n) is 7.32. The van der Waals surface area contributed by atoms with E-state index in [-0.39, 0.29) is 5.91 Å². The standard InChI is InChI=1S/C24H22N4O2S/c1-3-14-30-19-13-12-15-8-4-5-9-16(15)20(19)22-25-18-11-7-6-10-17(18)21-23(29)26-24(31-2)27-28(21)22/h4-13,22H,3,14H2,1-2H3,(H,26,27,29)/t22-/m0/s1. The van der Waals surface area contributed by atoms with Crippen molar-refractivity contribution in [3.05, 3.63) is 76.8 Å². The van der Waals surface area contributed by atoms with Crippen molar-refractivity contribution in [3.8, 4) is 5.75 Å². The van der Waals surface area contributed by atoms with E-state index in [1.54, 1.807) is 5.01 Å². The number of hydrazone groups is 1. The Morgan fingerprint density at radius 3 is 2.74 bits per heavy atom. The lowest BCUT2D eigenvalue weighted by atomic mass is 9.99. The van der Waals surface area contributed by atoms with Crippen molar-refractivity contribution in [2.45, 2.75) is 19.5 Å². The van der Waals surface area contributed by atoms with E-state index in [1.807, 2.05) is 48.7 Å². The molecule has 2 heterocycles. The molecular weight excluding hydrogens is 408 g/mol. The molecule has 0 saturated carbocycles. The Bertz CT molecular complexity index is 1330. The van der Waals surface area contributed by atoms with Crippen LogP contribution in [0.25, 0.3) is 16.5 Å². The van der Waals surface area contributed by atoms with E-state index >= 15 is 0 Å². The molecule has 2 aliphatic rings. The number of hydrogen-bond acceptors (Lipinski definition) is 6. The van der Waals surface area contributed by atoms with Crippen LogP contribution in [0.4, 0.5) is 0 Å². The Kier molecular flexibility index (Phi) is 5.11. The molecule has 0 spiro atoms. The second-order valence-corrected chi connectivity index (χ2v) is 8.12. The summed E-state index contributed by atoms with van der Waals surface area (Å²) in [6, 6.07) is 19.9. The van der Waals surface area contributed by atoms with Gasteiger partial charge in [-0.05, 0) is 35.6 Å². The Balaban J connectivity index is 1.82. The van der Waals surface area contributed by atoms with Crippen LogP contribution >= 0.6 is 11.8 Å². The number of rotatable bonds is 4. The third-order valence-corrected chi connectivity index (χ3v) is 5.93. The highest BCUT2D eigenvalue weighted by atomic mass is 32.2. The molecule has 1 N–H and O–H groups in total. The maximum atomic E-state index is 13.1. The van der Waals surface area contributed by atoms with Crippen LogP contribution in [-0.4, -0.2) is 28.9 Å². The minimum absolute atomic E-state index is 0.178. The number of amides is 1. The van der Waals surface area contributed by atoms with Gasteiger partial charge in [0.2, 0.25) is 0 Å². The molecule has 0 radical (unpaired) electrons. The summed E-state index contributed by atoms with van der Waals surface area (Å²) in [4.78, 5) is 18.2. The smallest absolute Gasteiger partial charge is 0.276 e. The van der Waals surface area contributed by atoms with Crippen molar-refractivity contribution in [1.29, 1.82) is 0 Å². The highest BCUT2D eigenvalue weighted by Gasteiger charge is 2.36. The number of nitrogens with one attached hydrogen (secondary N) is 1. The minimum Gasteiger partial charge on any atom is -0.493 e. The number of hydrogen-bond donors (Lipinski definition) is 1. The van der Waals surface area contributed by atoms with E-state index in [2.05, 4.69) is 30.4 Å². The molecule has 1 atom stereocenters. The van der Waals surface area contributed by atoms with E-state index in [4.69, 9.17) is 14.8 Å². The molecule has 1 amide bonds. The zero-order chi connectivity index (χ0) is 21.4. The van der Waals surface area contributed by atoms with Gasteiger partial charge in [0.1, 0.15) is 11.4 Å². The van der Waals surface area contributed by atoms with E-state index in [9.17, 15) is 4.79 Å². The largest absolute Gasteiger partial charge is 0.493 e. The fourth-order valence-electron chi connectivity index (χ4n) is 3.99. The monoisotopic (exact) mass is 430 g/mol. The molecule has 3 aromatic rings. The fraction of sp³-hybridized carbons (Fsp3) is 0.208. The van der Waals surface area contributed by atoms with Crippen LogP contribution in [0, 0.1) is 0 Å². The maximum absolute atomic E-state index is 13.1. The molecule has 0 aromatic heterocycles. The van der Waals surface area contributed by atoms with Crippen LogP contribution in [-0.2, 0) is 4.79 Å². The lowest BCUT2D eigenvalue weighted by molar-refractivity contribution is -0.116. The molecule has 156 valence electrons. The van der Waals surface area contributed by atoms with Crippen molar-refractivity contribution >= 4 is 39.3 Å². The van der Waals surface area contributed by atoms with Gasteiger partial charge >= 0.3 is 0 Å².